The zero-order chi connectivity index (χ0) is 8.55. The fourth-order valence-electron chi connectivity index (χ4n) is 1.37. The molecular weight excluding hydrogens is 263 g/mol. The molecular formula is C9H11IN2. The Hall–Kier alpha value is -0.450. The molecule has 1 aliphatic rings. The zero-order valence-electron chi connectivity index (χ0n) is 6.89. The number of hydrogen-bond acceptors (Lipinski definition) is 2. The van der Waals surface area contributed by atoms with Crippen molar-refractivity contribution in [3.63, 3.8) is 0 Å². The van der Waals surface area contributed by atoms with Crippen LogP contribution in [0.5, 0.6) is 0 Å². The van der Waals surface area contributed by atoms with Crippen LogP contribution >= 0.6 is 22.6 Å². The molecule has 0 fully saturated rings. The standard InChI is InChI=1S/C9H11IN2/c1-6-5-11-9-4-7(10)2-3-8(9)12-6/h2-4,6,11-12H,5H2,1H3. The Kier molecular flexibility index (Phi) is 2.12. The first-order valence-electron chi connectivity index (χ1n) is 4.05. The normalized spacial score (nSPS) is 20.7. The second-order valence-electron chi connectivity index (χ2n) is 3.12. The smallest absolute Gasteiger partial charge is 0.0587 e. The highest BCUT2D eigenvalue weighted by Gasteiger charge is 2.12. The fraction of sp³-hybridized carbons (Fsp3) is 0.333. The van der Waals surface area contributed by atoms with Gasteiger partial charge in [-0.05, 0) is 47.7 Å². The average Bonchev–Trinajstić information content (AvgIpc) is 2.05. The van der Waals surface area contributed by atoms with Gasteiger partial charge in [-0.15, -0.1) is 0 Å². The van der Waals surface area contributed by atoms with Crippen LogP contribution in [0.15, 0.2) is 18.2 Å². The number of anilines is 2. The highest BCUT2D eigenvalue weighted by molar-refractivity contribution is 14.1. The molecule has 1 aromatic rings. The van der Waals surface area contributed by atoms with Gasteiger partial charge in [-0.3, -0.25) is 0 Å². The van der Waals surface area contributed by atoms with E-state index in [0.717, 1.165) is 6.54 Å². The summed E-state index contributed by atoms with van der Waals surface area (Å²) in [6.07, 6.45) is 0. The first-order valence-corrected chi connectivity index (χ1v) is 5.13. The van der Waals surface area contributed by atoms with E-state index < -0.39 is 0 Å². The second-order valence-corrected chi connectivity index (χ2v) is 4.36. The van der Waals surface area contributed by atoms with E-state index in [-0.39, 0.29) is 0 Å². The van der Waals surface area contributed by atoms with E-state index in [9.17, 15) is 0 Å². The summed E-state index contributed by atoms with van der Waals surface area (Å²) in [5, 5.41) is 6.81. The van der Waals surface area contributed by atoms with E-state index in [1.807, 2.05) is 0 Å². The van der Waals surface area contributed by atoms with Crippen molar-refractivity contribution < 1.29 is 0 Å². The minimum Gasteiger partial charge on any atom is -0.381 e. The molecule has 64 valence electrons. The van der Waals surface area contributed by atoms with Gasteiger partial charge >= 0.3 is 0 Å². The van der Waals surface area contributed by atoms with Crippen molar-refractivity contribution in [2.45, 2.75) is 13.0 Å². The van der Waals surface area contributed by atoms with Gasteiger partial charge in [0.25, 0.3) is 0 Å². The summed E-state index contributed by atoms with van der Waals surface area (Å²) in [5.74, 6) is 0. The molecule has 2 N–H and O–H groups in total. The molecule has 1 unspecified atom stereocenters. The van der Waals surface area contributed by atoms with Gasteiger partial charge in [0.15, 0.2) is 0 Å². The molecule has 0 saturated carbocycles. The van der Waals surface area contributed by atoms with Crippen molar-refractivity contribution in [2.75, 3.05) is 17.2 Å². The third kappa shape index (κ3) is 1.50. The van der Waals surface area contributed by atoms with Crippen molar-refractivity contribution in [2.24, 2.45) is 0 Å². The maximum absolute atomic E-state index is 3.42. The Morgan fingerprint density at radius 1 is 1.42 bits per heavy atom. The lowest BCUT2D eigenvalue weighted by atomic mass is 10.2. The summed E-state index contributed by atoms with van der Waals surface area (Å²) >= 11 is 2.32. The van der Waals surface area contributed by atoms with Gasteiger partial charge in [0.1, 0.15) is 0 Å². The molecule has 1 aliphatic heterocycles. The molecule has 0 aromatic heterocycles. The maximum atomic E-state index is 3.42. The van der Waals surface area contributed by atoms with Crippen LogP contribution in [0.2, 0.25) is 0 Å². The van der Waals surface area contributed by atoms with Crippen molar-refractivity contribution in [3.05, 3.63) is 21.8 Å². The van der Waals surface area contributed by atoms with Crippen molar-refractivity contribution in [3.8, 4) is 0 Å². The van der Waals surface area contributed by atoms with Crippen LogP contribution in [-0.4, -0.2) is 12.6 Å². The Morgan fingerprint density at radius 2 is 2.25 bits per heavy atom. The minimum absolute atomic E-state index is 0.526. The first-order chi connectivity index (χ1) is 5.75. The Labute approximate surface area is 85.9 Å². The van der Waals surface area contributed by atoms with Crippen molar-refractivity contribution >= 4 is 34.0 Å². The van der Waals surface area contributed by atoms with Crippen molar-refractivity contribution in [1.82, 2.24) is 0 Å². The summed E-state index contributed by atoms with van der Waals surface area (Å²) in [7, 11) is 0. The van der Waals surface area contributed by atoms with Crippen LogP contribution in [0.4, 0.5) is 11.4 Å². The van der Waals surface area contributed by atoms with E-state index in [4.69, 9.17) is 0 Å². The molecule has 12 heavy (non-hydrogen) atoms. The largest absolute Gasteiger partial charge is 0.381 e. The topological polar surface area (TPSA) is 24.1 Å². The van der Waals surface area contributed by atoms with Crippen LogP contribution in [-0.2, 0) is 0 Å². The van der Waals surface area contributed by atoms with E-state index in [2.05, 4.69) is 58.3 Å². The summed E-state index contributed by atoms with van der Waals surface area (Å²) in [6, 6.07) is 6.93. The van der Waals surface area contributed by atoms with Crippen LogP contribution in [0.1, 0.15) is 6.92 Å². The third-order valence-electron chi connectivity index (χ3n) is 1.98. The molecule has 3 heteroatoms. The summed E-state index contributed by atoms with van der Waals surface area (Å²) < 4.78 is 1.27. The van der Waals surface area contributed by atoms with Gasteiger partial charge in [0, 0.05) is 16.2 Å². The number of fused-ring (bicyclic) bond motifs is 1. The van der Waals surface area contributed by atoms with Gasteiger partial charge in [-0.25, -0.2) is 0 Å². The van der Waals surface area contributed by atoms with E-state index in [1.54, 1.807) is 0 Å². The van der Waals surface area contributed by atoms with Crippen molar-refractivity contribution in [1.29, 1.82) is 0 Å². The molecule has 0 amide bonds. The summed E-state index contributed by atoms with van der Waals surface area (Å²) in [5.41, 5.74) is 2.44. The third-order valence-corrected chi connectivity index (χ3v) is 2.65. The second kappa shape index (κ2) is 3.12. The average molecular weight is 274 g/mol. The number of halogens is 1. The summed E-state index contributed by atoms with van der Waals surface area (Å²) in [4.78, 5) is 0. The van der Waals surface area contributed by atoms with E-state index >= 15 is 0 Å². The quantitative estimate of drug-likeness (QED) is 0.710. The molecule has 0 spiro atoms. The van der Waals surface area contributed by atoms with Gasteiger partial charge in [0.2, 0.25) is 0 Å². The first kappa shape index (κ1) is 8.16. The number of hydrogen-bond donors (Lipinski definition) is 2. The van der Waals surface area contributed by atoms with Gasteiger partial charge in [-0.2, -0.15) is 0 Å². The highest BCUT2D eigenvalue weighted by Crippen LogP contribution is 2.27. The molecule has 0 bridgehead atoms. The monoisotopic (exact) mass is 274 g/mol. The zero-order valence-corrected chi connectivity index (χ0v) is 9.05. The lowest BCUT2D eigenvalue weighted by Gasteiger charge is -2.25. The molecule has 2 nitrogen and oxygen atoms in total. The fourth-order valence-corrected chi connectivity index (χ4v) is 1.86. The van der Waals surface area contributed by atoms with Gasteiger partial charge in [0.05, 0.1) is 11.4 Å². The number of benzene rings is 1. The van der Waals surface area contributed by atoms with E-state index in [1.165, 1.54) is 14.9 Å². The molecule has 1 atom stereocenters. The molecule has 0 aliphatic carbocycles. The number of nitrogens with one attached hydrogen (secondary N) is 2. The molecule has 0 saturated heterocycles. The molecule has 2 rings (SSSR count). The van der Waals surface area contributed by atoms with Crippen LogP contribution < -0.4 is 10.6 Å². The van der Waals surface area contributed by atoms with Crippen LogP contribution in [0.3, 0.4) is 0 Å². The predicted molar refractivity (Wildman–Crippen MR) is 60.7 cm³/mol. The Bertz CT molecular complexity index is 299. The summed E-state index contributed by atoms with van der Waals surface area (Å²) in [6.45, 7) is 3.18. The number of rotatable bonds is 0. The molecule has 0 radical (unpaired) electrons. The Morgan fingerprint density at radius 3 is 3.08 bits per heavy atom. The lowest BCUT2D eigenvalue weighted by Crippen LogP contribution is -2.29. The maximum Gasteiger partial charge on any atom is 0.0587 e. The van der Waals surface area contributed by atoms with E-state index in [0.29, 0.717) is 6.04 Å². The SMILES string of the molecule is CC1CNc2cc(I)ccc2N1. The molecule has 1 aromatic carbocycles. The van der Waals surface area contributed by atoms with Gasteiger partial charge < -0.3 is 10.6 Å². The predicted octanol–water partition coefficient (Wildman–Crippen LogP) is 2.52. The Balaban J connectivity index is 2.37. The molecule has 1 heterocycles. The minimum atomic E-state index is 0.526. The highest BCUT2D eigenvalue weighted by atomic mass is 127. The lowest BCUT2D eigenvalue weighted by molar-refractivity contribution is 0.817. The van der Waals surface area contributed by atoms with Gasteiger partial charge in [-0.1, -0.05) is 0 Å². The van der Waals surface area contributed by atoms with Crippen LogP contribution in [0.25, 0.3) is 0 Å². The van der Waals surface area contributed by atoms with Crippen LogP contribution in [0, 0.1) is 3.57 Å².